The lowest BCUT2D eigenvalue weighted by atomic mass is 10.0. The lowest BCUT2D eigenvalue weighted by Gasteiger charge is -2.32. The highest BCUT2D eigenvalue weighted by Gasteiger charge is 2.21. The van der Waals surface area contributed by atoms with E-state index in [-0.39, 0.29) is 11.4 Å². The summed E-state index contributed by atoms with van der Waals surface area (Å²) in [6.07, 6.45) is 1.61. The van der Waals surface area contributed by atoms with Crippen molar-refractivity contribution >= 4 is 21.8 Å². The van der Waals surface area contributed by atoms with Gasteiger partial charge in [0.2, 0.25) is 0 Å². The Labute approximate surface area is 111 Å². The molecule has 0 aliphatic carbocycles. The summed E-state index contributed by atoms with van der Waals surface area (Å²) in [6.45, 7) is 4.75. The fraction of sp³-hybridized carbons (Fsp3) is 0.500. The fourth-order valence-electron chi connectivity index (χ4n) is 1.10. The maximum atomic E-state index is 11.9. The number of pyridine rings is 1. The van der Waals surface area contributed by atoms with Crippen LogP contribution in [0.1, 0.15) is 24.2 Å². The lowest BCUT2D eigenvalue weighted by Crippen LogP contribution is -2.48. The van der Waals surface area contributed by atoms with Crippen LogP contribution < -0.4 is 5.32 Å². The minimum atomic E-state index is -0.0805. The molecule has 1 aromatic heterocycles. The number of likely N-dealkylation sites (N-methyl/N-ethyl adjacent to an activating group) is 1. The van der Waals surface area contributed by atoms with Gasteiger partial charge in [0.05, 0.1) is 0 Å². The summed E-state index contributed by atoms with van der Waals surface area (Å²) < 4.78 is 0.664. The summed E-state index contributed by atoms with van der Waals surface area (Å²) in [7, 11) is 3.99. The first kappa shape index (κ1) is 14.1. The highest BCUT2D eigenvalue weighted by molar-refractivity contribution is 9.10. The van der Waals surface area contributed by atoms with Gasteiger partial charge >= 0.3 is 0 Å². The molecule has 17 heavy (non-hydrogen) atoms. The molecule has 5 heteroatoms. The van der Waals surface area contributed by atoms with Crippen LogP contribution in [0.15, 0.2) is 22.9 Å². The van der Waals surface area contributed by atoms with Gasteiger partial charge < -0.3 is 10.2 Å². The Morgan fingerprint density at radius 2 is 2.18 bits per heavy atom. The van der Waals surface area contributed by atoms with E-state index in [0.717, 1.165) is 0 Å². The van der Waals surface area contributed by atoms with Crippen molar-refractivity contribution < 1.29 is 4.79 Å². The Morgan fingerprint density at radius 3 is 2.71 bits per heavy atom. The molecular weight excluding hydrogens is 282 g/mol. The molecule has 94 valence electrons. The first-order chi connectivity index (χ1) is 7.83. The molecule has 0 saturated carbocycles. The number of halogens is 1. The summed E-state index contributed by atoms with van der Waals surface area (Å²) >= 11 is 3.24. The minimum absolute atomic E-state index is 0.0695. The number of aromatic nitrogens is 1. The average Bonchev–Trinajstić information content (AvgIpc) is 2.25. The van der Waals surface area contributed by atoms with Crippen LogP contribution in [0.25, 0.3) is 0 Å². The molecule has 0 aliphatic rings. The van der Waals surface area contributed by atoms with Gasteiger partial charge in [0, 0.05) is 23.8 Å². The van der Waals surface area contributed by atoms with E-state index in [0.29, 0.717) is 16.7 Å². The molecule has 0 aliphatic heterocycles. The Hall–Kier alpha value is -0.940. The molecule has 1 rings (SSSR count). The number of rotatable bonds is 4. The first-order valence-corrected chi connectivity index (χ1v) is 6.19. The summed E-state index contributed by atoms with van der Waals surface area (Å²) in [6, 6.07) is 3.40. The van der Waals surface area contributed by atoms with Crippen LogP contribution in [-0.2, 0) is 0 Å². The maximum absolute atomic E-state index is 11.9. The Bertz CT molecular complexity index is 404. The zero-order chi connectivity index (χ0) is 13.1. The van der Waals surface area contributed by atoms with Crippen LogP contribution in [0, 0.1) is 0 Å². The van der Waals surface area contributed by atoms with Gasteiger partial charge in [-0.1, -0.05) is 0 Å². The van der Waals surface area contributed by atoms with E-state index in [1.807, 2.05) is 14.1 Å². The molecule has 1 N–H and O–H groups in total. The normalized spacial score (nSPS) is 11.6. The maximum Gasteiger partial charge on any atom is 0.251 e. The Morgan fingerprint density at radius 1 is 1.53 bits per heavy atom. The second-order valence-corrected chi connectivity index (χ2v) is 5.57. The number of hydrogen-bond acceptors (Lipinski definition) is 3. The summed E-state index contributed by atoms with van der Waals surface area (Å²) in [5, 5.41) is 2.92. The molecule has 0 fully saturated rings. The summed E-state index contributed by atoms with van der Waals surface area (Å²) in [5.41, 5.74) is 0.543. The Kier molecular flexibility index (Phi) is 4.65. The standard InChI is InChI=1S/C12H18BrN3O/c1-12(2,16(3)4)8-15-11(17)9-5-6-14-10(13)7-9/h5-7H,8H2,1-4H3,(H,15,17). The molecule has 4 nitrogen and oxygen atoms in total. The van der Waals surface area contributed by atoms with Crippen molar-refractivity contribution in [3.8, 4) is 0 Å². The number of nitrogens with zero attached hydrogens (tertiary/aromatic N) is 2. The molecule has 0 atom stereocenters. The highest BCUT2D eigenvalue weighted by Crippen LogP contribution is 2.10. The molecule has 1 amide bonds. The van der Waals surface area contributed by atoms with Gasteiger partial charge in [-0.05, 0) is 56.0 Å². The molecule has 0 saturated heterocycles. The van der Waals surface area contributed by atoms with Crippen LogP contribution in [0.3, 0.4) is 0 Å². The van der Waals surface area contributed by atoms with Crippen LogP contribution in [0.2, 0.25) is 0 Å². The van der Waals surface area contributed by atoms with E-state index in [9.17, 15) is 4.79 Å². The number of carbonyl (C=O) groups is 1. The van der Waals surface area contributed by atoms with Gasteiger partial charge in [0.1, 0.15) is 4.60 Å². The van der Waals surface area contributed by atoms with Gasteiger partial charge in [-0.3, -0.25) is 4.79 Å². The number of carbonyl (C=O) groups excluding carboxylic acids is 1. The van der Waals surface area contributed by atoms with Crippen molar-refractivity contribution in [2.24, 2.45) is 0 Å². The summed E-state index contributed by atoms with van der Waals surface area (Å²) in [5.74, 6) is -0.0805. The lowest BCUT2D eigenvalue weighted by molar-refractivity contribution is 0.0919. The van der Waals surface area contributed by atoms with E-state index < -0.39 is 0 Å². The van der Waals surface area contributed by atoms with Gasteiger partial charge in [0.25, 0.3) is 5.91 Å². The van der Waals surface area contributed by atoms with Crippen molar-refractivity contribution in [3.63, 3.8) is 0 Å². The monoisotopic (exact) mass is 299 g/mol. The SMILES string of the molecule is CN(C)C(C)(C)CNC(=O)c1ccnc(Br)c1. The molecule has 1 aromatic rings. The third-order valence-corrected chi connectivity index (χ3v) is 3.31. The number of amides is 1. The average molecular weight is 300 g/mol. The van der Waals surface area contributed by atoms with Crippen LogP contribution in [0.4, 0.5) is 0 Å². The summed E-state index contributed by atoms with van der Waals surface area (Å²) in [4.78, 5) is 18.0. The fourth-order valence-corrected chi connectivity index (χ4v) is 1.47. The second kappa shape index (κ2) is 5.60. The van der Waals surface area contributed by atoms with Crippen LogP contribution in [-0.4, -0.2) is 42.0 Å². The minimum Gasteiger partial charge on any atom is -0.350 e. The van der Waals surface area contributed by atoms with E-state index in [1.165, 1.54) is 0 Å². The quantitative estimate of drug-likeness (QED) is 0.864. The third-order valence-electron chi connectivity index (χ3n) is 2.88. The number of nitrogens with one attached hydrogen (secondary N) is 1. The molecule has 0 spiro atoms. The van der Waals surface area contributed by atoms with Crippen molar-refractivity contribution in [2.75, 3.05) is 20.6 Å². The van der Waals surface area contributed by atoms with E-state index in [2.05, 4.69) is 45.0 Å². The van der Waals surface area contributed by atoms with Gasteiger partial charge in [-0.2, -0.15) is 0 Å². The zero-order valence-electron chi connectivity index (χ0n) is 10.6. The van der Waals surface area contributed by atoms with Gasteiger partial charge in [-0.15, -0.1) is 0 Å². The topological polar surface area (TPSA) is 45.2 Å². The molecule has 0 radical (unpaired) electrons. The largest absolute Gasteiger partial charge is 0.350 e. The molecule has 1 heterocycles. The van der Waals surface area contributed by atoms with Crippen molar-refractivity contribution in [3.05, 3.63) is 28.5 Å². The van der Waals surface area contributed by atoms with E-state index in [4.69, 9.17) is 0 Å². The molecule has 0 aromatic carbocycles. The number of hydrogen-bond donors (Lipinski definition) is 1. The Balaban J connectivity index is 2.62. The van der Waals surface area contributed by atoms with Crippen LogP contribution >= 0.6 is 15.9 Å². The smallest absolute Gasteiger partial charge is 0.251 e. The molecular formula is C12H18BrN3O. The van der Waals surface area contributed by atoms with Gasteiger partial charge in [-0.25, -0.2) is 4.98 Å². The van der Waals surface area contributed by atoms with Crippen molar-refractivity contribution in [2.45, 2.75) is 19.4 Å². The van der Waals surface area contributed by atoms with E-state index >= 15 is 0 Å². The second-order valence-electron chi connectivity index (χ2n) is 4.76. The molecule has 0 unspecified atom stereocenters. The van der Waals surface area contributed by atoms with E-state index in [1.54, 1.807) is 18.3 Å². The van der Waals surface area contributed by atoms with Crippen molar-refractivity contribution in [1.29, 1.82) is 0 Å². The highest BCUT2D eigenvalue weighted by atomic mass is 79.9. The predicted molar refractivity (Wildman–Crippen MR) is 72.0 cm³/mol. The first-order valence-electron chi connectivity index (χ1n) is 5.40. The molecule has 0 bridgehead atoms. The van der Waals surface area contributed by atoms with Crippen LogP contribution in [0.5, 0.6) is 0 Å². The van der Waals surface area contributed by atoms with Crippen molar-refractivity contribution in [1.82, 2.24) is 15.2 Å². The zero-order valence-corrected chi connectivity index (χ0v) is 12.2. The van der Waals surface area contributed by atoms with Gasteiger partial charge in [0.15, 0.2) is 0 Å². The predicted octanol–water partition coefficient (Wildman–Crippen LogP) is 1.91. The third kappa shape index (κ3) is 4.09.